The minimum atomic E-state index is -0.444. The molecule has 1 saturated carbocycles. The first-order chi connectivity index (χ1) is 11.6. The summed E-state index contributed by atoms with van der Waals surface area (Å²) in [6.45, 7) is 1.76. The van der Waals surface area contributed by atoms with Crippen molar-refractivity contribution in [3.05, 3.63) is 35.6 Å². The van der Waals surface area contributed by atoms with Gasteiger partial charge in [0.1, 0.15) is 11.9 Å². The molecular formula is C18H21FN2O3. The lowest BCUT2D eigenvalue weighted by Crippen LogP contribution is -2.45. The Bertz CT molecular complexity index is 661. The van der Waals surface area contributed by atoms with E-state index >= 15 is 0 Å². The topological polar surface area (TPSA) is 49.9 Å². The van der Waals surface area contributed by atoms with Gasteiger partial charge in [-0.15, -0.1) is 0 Å². The maximum atomic E-state index is 14.0. The number of carbonyl (C=O) groups excluding carboxylic acids is 2. The predicted octanol–water partition coefficient (Wildman–Crippen LogP) is 1.74. The second kappa shape index (κ2) is 6.16. The molecule has 3 aliphatic rings. The van der Waals surface area contributed by atoms with E-state index in [1.165, 1.54) is 6.07 Å². The number of rotatable bonds is 3. The Morgan fingerprint density at radius 1 is 1.21 bits per heavy atom. The molecule has 5 nitrogen and oxygen atoms in total. The molecule has 2 aliphatic heterocycles. The molecule has 128 valence electrons. The van der Waals surface area contributed by atoms with Crippen molar-refractivity contribution >= 4 is 11.8 Å². The molecule has 2 heterocycles. The van der Waals surface area contributed by atoms with Gasteiger partial charge in [0.05, 0.1) is 19.1 Å². The van der Waals surface area contributed by atoms with E-state index in [0.717, 1.165) is 12.8 Å². The lowest BCUT2D eigenvalue weighted by atomic mass is 10.0. The van der Waals surface area contributed by atoms with E-state index in [1.54, 1.807) is 23.1 Å². The number of morpholine rings is 1. The molecule has 0 radical (unpaired) electrons. The molecule has 1 aromatic rings. The second-order valence-corrected chi connectivity index (χ2v) is 6.84. The minimum absolute atomic E-state index is 0.00357. The average molecular weight is 332 g/mol. The van der Waals surface area contributed by atoms with Crippen molar-refractivity contribution in [2.24, 2.45) is 5.92 Å². The number of hydrogen-bond acceptors (Lipinski definition) is 3. The van der Waals surface area contributed by atoms with Gasteiger partial charge in [-0.25, -0.2) is 4.39 Å². The summed E-state index contributed by atoms with van der Waals surface area (Å²) in [6, 6.07) is 6.86. The Morgan fingerprint density at radius 2 is 2.00 bits per heavy atom. The van der Waals surface area contributed by atoms with Crippen molar-refractivity contribution in [1.29, 1.82) is 0 Å². The lowest BCUT2D eigenvalue weighted by molar-refractivity contribution is -0.143. The van der Waals surface area contributed by atoms with Gasteiger partial charge >= 0.3 is 0 Å². The van der Waals surface area contributed by atoms with Crippen LogP contribution < -0.4 is 0 Å². The molecule has 3 fully saturated rings. The summed E-state index contributed by atoms with van der Waals surface area (Å²) in [6.07, 6.45) is 1.97. The van der Waals surface area contributed by atoms with Gasteiger partial charge in [-0.05, 0) is 18.9 Å². The van der Waals surface area contributed by atoms with E-state index in [1.807, 2.05) is 4.90 Å². The number of halogens is 1. The van der Waals surface area contributed by atoms with E-state index in [9.17, 15) is 14.0 Å². The number of nitrogens with zero attached hydrogens (tertiary/aromatic N) is 2. The molecule has 0 aromatic heterocycles. The first-order valence-corrected chi connectivity index (χ1v) is 8.58. The molecule has 0 spiro atoms. The summed E-state index contributed by atoms with van der Waals surface area (Å²) < 4.78 is 19.6. The van der Waals surface area contributed by atoms with E-state index in [2.05, 4.69) is 0 Å². The monoisotopic (exact) mass is 332 g/mol. The minimum Gasteiger partial charge on any atom is -0.370 e. The van der Waals surface area contributed by atoms with Crippen molar-refractivity contribution in [3.63, 3.8) is 0 Å². The van der Waals surface area contributed by atoms with Gasteiger partial charge in [0.25, 0.3) is 0 Å². The summed E-state index contributed by atoms with van der Waals surface area (Å²) in [5.41, 5.74) is 0.483. The van der Waals surface area contributed by atoms with E-state index < -0.39 is 6.10 Å². The van der Waals surface area contributed by atoms with Gasteiger partial charge in [0.2, 0.25) is 11.8 Å². The number of likely N-dealkylation sites (tertiary alicyclic amines) is 1. The maximum Gasteiger partial charge on any atom is 0.228 e. The Balaban J connectivity index is 1.43. The van der Waals surface area contributed by atoms with Gasteiger partial charge in [0.15, 0.2) is 0 Å². The smallest absolute Gasteiger partial charge is 0.228 e. The van der Waals surface area contributed by atoms with Crippen LogP contribution in [0.25, 0.3) is 0 Å². The van der Waals surface area contributed by atoms with Crippen LogP contribution in [0.5, 0.6) is 0 Å². The largest absolute Gasteiger partial charge is 0.370 e. The van der Waals surface area contributed by atoms with Crippen LogP contribution >= 0.6 is 0 Å². The molecule has 6 heteroatoms. The van der Waals surface area contributed by atoms with Crippen molar-refractivity contribution in [2.45, 2.75) is 31.4 Å². The van der Waals surface area contributed by atoms with Gasteiger partial charge in [0, 0.05) is 31.1 Å². The zero-order chi connectivity index (χ0) is 16.7. The maximum absolute atomic E-state index is 14.0. The third-order valence-corrected chi connectivity index (χ3v) is 5.13. The summed E-state index contributed by atoms with van der Waals surface area (Å²) in [4.78, 5) is 28.4. The molecule has 0 bridgehead atoms. The first-order valence-electron chi connectivity index (χ1n) is 8.58. The Hall–Kier alpha value is -1.95. The molecular weight excluding hydrogens is 311 g/mol. The molecule has 2 atom stereocenters. The Morgan fingerprint density at radius 3 is 2.75 bits per heavy atom. The summed E-state index contributed by atoms with van der Waals surface area (Å²) >= 11 is 0. The van der Waals surface area contributed by atoms with Crippen LogP contribution in [0, 0.1) is 11.7 Å². The van der Waals surface area contributed by atoms with Crippen molar-refractivity contribution in [1.82, 2.24) is 9.80 Å². The molecule has 4 rings (SSSR count). The number of ether oxygens (including phenoxy) is 1. The molecule has 0 N–H and O–H groups in total. The predicted molar refractivity (Wildman–Crippen MR) is 84.5 cm³/mol. The standard InChI is InChI=1S/C18H21FN2O3/c19-15-4-2-1-3-14(15)16-11-20(7-8-24-16)18(23)12-9-17(22)21(10-12)13-5-6-13/h1-4,12-13,16H,5-11H2/t12-,16-/m1/s1. The molecule has 24 heavy (non-hydrogen) atoms. The van der Waals surface area contributed by atoms with E-state index in [4.69, 9.17) is 4.74 Å². The zero-order valence-corrected chi connectivity index (χ0v) is 13.5. The SMILES string of the molecule is O=C([C@@H]1CC(=O)N(C2CC2)C1)N1CCO[C@@H](c2ccccc2F)C1. The lowest BCUT2D eigenvalue weighted by Gasteiger charge is -2.34. The molecule has 1 aromatic carbocycles. The highest BCUT2D eigenvalue weighted by molar-refractivity contribution is 5.89. The molecule has 2 amide bonds. The fourth-order valence-corrected chi connectivity index (χ4v) is 3.67. The van der Waals surface area contributed by atoms with Crippen LogP contribution in [-0.4, -0.2) is 53.9 Å². The zero-order valence-electron chi connectivity index (χ0n) is 13.5. The third kappa shape index (κ3) is 2.90. The van der Waals surface area contributed by atoms with E-state index in [-0.39, 0.29) is 23.5 Å². The Labute approximate surface area is 140 Å². The first kappa shape index (κ1) is 15.6. The number of carbonyl (C=O) groups is 2. The van der Waals surface area contributed by atoms with Gasteiger partial charge in [-0.3, -0.25) is 9.59 Å². The van der Waals surface area contributed by atoms with E-state index in [0.29, 0.717) is 44.3 Å². The number of hydrogen-bond donors (Lipinski definition) is 0. The summed E-state index contributed by atoms with van der Waals surface area (Å²) in [5, 5.41) is 0. The number of amides is 2. The van der Waals surface area contributed by atoms with Crippen LogP contribution in [0.3, 0.4) is 0 Å². The highest BCUT2D eigenvalue weighted by Crippen LogP contribution is 2.34. The normalized spacial score (nSPS) is 27.6. The van der Waals surface area contributed by atoms with Crippen molar-refractivity contribution < 1.29 is 18.7 Å². The summed E-state index contributed by atoms with van der Waals surface area (Å²) in [5.74, 6) is -0.490. The fourth-order valence-electron chi connectivity index (χ4n) is 3.67. The van der Waals surface area contributed by atoms with Crippen LogP contribution in [0.15, 0.2) is 24.3 Å². The van der Waals surface area contributed by atoms with Crippen LogP contribution in [0.1, 0.15) is 30.9 Å². The second-order valence-electron chi connectivity index (χ2n) is 6.84. The highest BCUT2D eigenvalue weighted by Gasteiger charge is 2.43. The van der Waals surface area contributed by atoms with Gasteiger partial charge < -0.3 is 14.5 Å². The molecule has 2 saturated heterocycles. The van der Waals surface area contributed by atoms with Gasteiger partial charge in [-0.2, -0.15) is 0 Å². The summed E-state index contributed by atoms with van der Waals surface area (Å²) in [7, 11) is 0. The quantitative estimate of drug-likeness (QED) is 0.847. The van der Waals surface area contributed by atoms with Gasteiger partial charge in [-0.1, -0.05) is 18.2 Å². The number of benzene rings is 1. The average Bonchev–Trinajstić information content (AvgIpc) is 3.37. The van der Waals surface area contributed by atoms with Crippen LogP contribution in [-0.2, 0) is 14.3 Å². The van der Waals surface area contributed by atoms with Crippen molar-refractivity contribution in [2.75, 3.05) is 26.2 Å². The van der Waals surface area contributed by atoms with Crippen molar-refractivity contribution in [3.8, 4) is 0 Å². The Kier molecular flexibility index (Phi) is 4.00. The van der Waals surface area contributed by atoms with Crippen LogP contribution in [0.2, 0.25) is 0 Å². The van der Waals surface area contributed by atoms with Crippen LogP contribution in [0.4, 0.5) is 4.39 Å². The third-order valence-electron chi connectivity index (χ3n) is 5.13. The molecule has 0 unspecified atom stereocenters. The fraction of sp³-hybridized carbons (Fsp3) is 0.556. The highest BCUT2D eigenvalue weighted by atomic mass is 19.1. The molecule has 1 aliphatic carbocycles.